The van der Waals surface area contributed by atoms with Gasteiger partial charge in [0.05, 0.1) is 29.4 Å². The Morgan fingerprint density at radius 3 is 2.70 bits per heavy atom. The molecule has 0 bridgehead atoms. The molecule has 2 aromatic heterocycles. The van der Waals surface area contributed by atoms with Crippen molar-refractivity contribution < 1.29 is 9.59 Å². The molecule has 138 valence electrons. The summed E-state index contributed by atoms with van der Waals surface area (Å²) in [7, 11) is 0. The first-order valence-corrected chi connectivity index (χ1v) is 9.04. The highest BCUT2D eigenvalue weighted by atomic mass is 16.2. The van der Waals surface area contributed by atoms with E-state index < -0.39 is 0 Å². The van der Waals surface area contributed by atoms with Crippen LogP contribution in [0.2, 0.25) is 0 Å². The van der Waals surface area contributed by atoms with Crippen LogP contribution in [-0.2, 0) is 4.79 Å². The molecule has 1 aliphatic rings. The number of rotatable bonds is 3. The number of carbonyl (C=O) groups excluding carboxylic acids is 2. The Morgan fingerprint density at radius 2 is 2.00 bits per heavy atom. The standard InChI is InChI=1S/C20H21N5O2/c1-13(2)25-19-16(11-22-25)15(20(27)24-9-8-21-18(26)12-24)10-17(23-19)14-6-4-3-5-7-14/h3-7,10-11,13H,8-9,12H2,1-2H3,(H,21,26). The molecule has 7 nitrogen and oxygen atoms in total. The summed E-state index contributed by atoms with van der Waals surface area (Å²) in [5, 5.41) is 7.89. The van der Waals surface area contributed by atoms with Crippen molar-refractivity contribution in [2.75, 3.05) is 19.6 Å². The minimum absolute atomic E-state index is 0.0711. The van der Waals surface area contributed by atoms with Crippen molar-refractivity contribution in [3.63, 3.8) is 0 Å². The van der Waals surface area contributed by atoms with Crippen LogP contribution in [0.15, 0.2) is 42.6 Å². The van der Waals surface area contributed by atoms with Crippen LogP contribution >= 0.6 is 0 Å². The molecule has 0 aliphatic carbocycles. The third-order valence-electron chi connectivity index (χ3n) is 4.68. The van der Waals surface area contributed by atoms with Gasteiger partial charge in [-0.15, -0.1) is 0 Å². The third kappa shape index (κ3) is 3.16. The molecule has 27 heavy (non-hydrogen) atoms. The van der Waals surface area contributed by atoms with Crippen LogP contribution in [-0.4, -0.2) is 51.1 Å². The molecular formula is C20H21N5O2. The predicted molar refractivity (Wildman–Crippen MR) is 102 cm³/mol. The van der Waals surface area contributed by atoms with Crippen LogP contribution in [0.25, 0.3) is 22.3 Å². The molecule has 3 heterocycles. The molecule has 4 rings (SSSR count). The van der Waals surface area contributed by atoms with Gasteiger partial charge in [-0.3, -0.25) is 9.59 Å². The molecule has 1 N–H and O–H groups in total. The fourth-order valence-electron chi connectivity index (χ4n) is 3.31. The monoisotopic (exact) mass is 363 g/mol. The molecule has 0 saturated carbocycles. The van der Waals surface area contributed by atoms with Crippen molar-refractivity contribution in [2.24, 2.45) is 0 Å². The molecule has 1 saturated heterocycles. The van der Waals surface area contributed by atoms with Crippen molar-refractivity contribution in [1.82, 2.24) is 25.0 Å². The van der Waals surface area contributed by atoms with E-state index in [0.29, 0.717) is 29.7 Å². The van der Waals surface area contributed by atoms with E-state index in [1.807, 2.05) is 48.9 Å². The summed E-state index contributed by atoms with van der Waals surface area (Å²) in [6.07, 6.45) is 1.69. The van der Waals surface area contributed by atoms with Crippen molar-refractivity contribution in [1.29, 1.82) is 0 Å². The second-order valence-corrected chi connectivity index (χ2v) is 6.92. The Balaban J connectivity index is 1.88. The summed E-state index contributed by atoms with van der Waals surface area (Å²) in [4.78, 5) is 31.3. The van der Waals surface area contributed by atoms with E-state index in [1.165, 1.54) is 0 Å². The predicted octanol–water partition coefficient (Wildman–Crippen LogP) is 2.25. The zero-order valence-corrected chi connectivity index (χ0v) is 15.3. The average molecular weight is 363 g/mol. The van der Waals surface area contributed by atoms with E-state index in [-0.39, 0.29) is 24.4 Å². The number of carbonyl (C=O) groups is 2. The van der Waals surface area contributed by atoms with E-state index >= 15 is 0 Å². The Bertz CT molecular complexity index is 1010. The molecule has 0 radical (unpaired) electrons. The quantitative estimate of drug-likeness (QED) is 0.774. The molecule has 3 aromatic rings. The number of piperazine rings is 1. The van der Waals surface area contributed by atoms with Crippen molar-refractivity contribution >= 4 is 22.8 Å². The largest absolute Gasteiger partial charge is 0.353 e. The summed E-state index contributed by atoms with van der Waals surface area (Å²) >= 11 is 0. The first kappa shape index (κ1) is 17.2. The highest BCUT2D eigenvalue weighted by molar-refractivity contribution is 6.07. The topological polar surface area (TPSA) is 80.1 Å². The van der Waals surface area contributed by atoms with E-state index in [9.17, 15) is 9.59 Å². The van der Waals surface area contributed by atoms with E-state index in [4.69, 9.17) is 4.98 Å². The van der Waals surface area contributed by atoms with Gasteiger partial charge in [-0.05, 0) is 19.9 Å². The normalized spacial score (nSPS) is 14.6. The lowest BCUT2D eigenvalue weighted by Gasteiger charge is -2.27. The van der Waals surface area contributed by atoms with Crippen molar-refractivity contribution in [2.45, 2.75) is 19.9 Å². The second-order valence-electron chi connectivity index (χ2n) is 6.92. The molecule has 7 heteroatoms. The van der Waals surface area contributed by atoms with Crippen LogP contribution in [0.5, 0.6) is 0 Å². The zero-order valence-electron chi connectivity index (χ0n) is 15.3. The van der Waals surface area contributed by atoms with Crippen molar-refractivity contribution in [3.05, 3.63) is 48.2 Å². The number of nitrogens with one attached hydrogen (secondary N) is 1. The average Bonchev–Trinajstić information content (AvgIpc) is 3.11. The van der Waals surface area contributed by atoms with Gasteiger partial charge in [0.25, 0.3) is 5.91 Å². The maximum absolute atomic E-state index is 13.2. The molecule has 0 spiro atoms. The fourth-order valence-corrected chi connectivity index (χ4v) is 3.31. The Morgan fingerprint density at radius 1 is 1.22 bits per heavy atom. The summed E-state index contributed by atoms with van der Waals surface area (Å²) in [6.45, 7) is 5.09. The van der Waals surface area contributed by atoms with Gasteiger partial charge in [0, 0.05) is 24.7 Å². The van der Waals surface area contributed by atoms with Crippen LogP contribution < -0.4 is 5.32 Å². The minimum atomic E-state index is -0.169. The number of nitrogens with zero attached hydrogens (tertiary/aromatic N) is 4. The van der Waals surface area contributed by atoms with E-state index in [2.05, 4.69) is 10.4 Å². The van der Waals surface area contributed by atoms with Crippen LogP contribution in [0, 0.1) is 0 Å². The zero-order chi connectivity index (χ0) is 19.0. The third-order valence-corrected chi connectivity index (χ3v) is 4.68. The maximum Gasteiger partial charge on any atom is 0.255 e. The van der Waals surface area contributed by atoms with Gasteiger partial charge in [0.2, 0.25) is 5.91 Å². The van der Waals surface area contributed by atoms with Gasteiger partial charge in [-0.2, -0.15) is 5.10 Å². The Kier molecular flexibility index (Phi) is 4.35. The fraction of sp³-hybridized carbons (Fsp3) is 0.300. The summed E-state index contributed by atoms with van der Waals surface area (Å²) in [5.74, 6) is -0.307. The lowest BCUT2D eigenvalue weighted by Crippen LogP contribution is -2.50. The molecular weight excluding hydrogens is 342 g/mol. The first-order chi connectivity index (χ1) is 13.0. The summed E-state index contributed by atoms with van der Waals surface area (Å²) < 4.78 is 1.82. The van der Waals surface area contributed by atoms with Gasteiger partial charge in [-0.1, -0.05) is 30.3 Å². The highest BCUT2D eigenvalue weighted by Crippen LogP contribution is 2.27. The van der Waals surface area contributed by atoms with Gasteiger partial charge in [0.15, 0.2) is 5.65 Å². The van der Waals surface area contributed by atoms with Gasteiger partial charge < -0.3 is 10.2 Å². The summed E-state index contributed by atoms with van der Waals surface area (Å²) in [6, 6.07) is 11.7. The SMILES string of the molecule is CC(C)n1ncc2c(C(=O)N3CCNC(=O)C3)cc(-c3ccccc3)nc21. The van der Waals surface area contributed by atoms with Crippen molar-refractivity contribution in [3.8, 4) is 11.3 Å². The lowest BCUT2D eigenvalue weighted by molar-refractivity contribution is -0.123. The minimum Gasteiger partial charge on any atom is -0.353 e. The number of aromatic nitrogens is 3. The first-order valence-electron chi connectivity index (χ1n) is 9.04. The number of benzene rings is 1. The molecule has 1 fully saturated rings. The summed E-state index contributed by atoms with van der Waals surface area (Å²) in [5.41, 5.74) is 2.85. The number of fused-ring (bicyclic) bond motifs is 1. The molecule has 1 aromatic carbocycles. The van der Waals surface area contributed by atoms with Gasteiger partial charge >= 0.3 is 0 Å². The Labute approximate surface area is 157 Å². The molecule has 0 atom stereocenters. The van der Waals surface area contributed by atoms with E-state index in [1.54, 1.807) is 17.2 Å². The highest BCUT2D eigenvalue weighted by Gasteiger charge is 2.26. The molecule has 0 unspecified atom stereocenters. The smallest absolute Gasteiger partial charge is 0.255 e. The molecule has 2 amide bonds. The number of pyridine rings is 1. The molecule has 1 aliphatic heterocycles. The number of hydrogen-bond acceptors (Lipinski definition) is 4. The Hall–Kier alpha value is -3.22. The van der Waals surface area contributed by atoms with Gasteiger partial charge in [-0.25, -0.2) is 9.67 Å². The number of hydrogen-bond donors (Lipinski definition) is 1. The maximum atomic E-state index is 13.2. The number of amides is 2. The lowest BCUT2D eigenvalue weighted by atomic mass is 10.1. The van der Waals surface area contributed by atoms with Crippen LogP contribution in [0.4, 0.5) is 0 Å². The van der Waals surface area contributed by atoms with Crippen LogP contribution in [0.3, 0.4) is 0 Å². The van der Waals surface area contributed by atoms with E-state index in [0.717, 1.165) is 11.3 Å². The van der Waals surface area contributed by atoms with Crippen LogP contribution in [0.1, 0.15) is 30.2 Å². The van der Waals surface area contributed by atoms with Gasteiger partial charge in [0.1, 0.15) is 0 Å². The second kappa shape index (κ2) is 6.83.